The summed E-state index contributed by atoms with van der Waals surface area (Å²) in [4.78, 5) is 0. The molecule has 1 unspecified atom stereocenters. The molecule has 2 N–H and O–H groups in total. The third-order valence-electron chi connectivity index (χ3n) is 9.89. The molecule has 0 radical (unpaired) electrons. The van der Waals surface area contributed by atoms with Crippen molar-refractivity contribution in [2.75, 3.05) is 7.11 Å². The molecule has 8 rings (SSSR count). The van der Waals surface area contributed by atoms with Crippen molar-refractivity contribution in [3.8, 4) is 33.7 Å². The van der Waals surface area contributed by atoms with Crippen molar-refractivity contribution in [1.29, 1.82) is 0 Å². The molecule has 44 heavy (non-hydrogen) atoms. The minimum atomic E-state index is -0.113. The highest BCUT2D eigenvalue weighted by molar-refractivity contribution is 6.21. The van der Waals surface area contributed by atoms with Gasteiger partial charge in [-0.25, -0.2) is 0 Å². The summed E-state index contributed by atoms with van der Waals surface area (Å²) in [6.07, 6.45) is 0.920. The van der Waals surface area contributed by atoms with Crippen LogP contribution in [0.1, 0.15) is 49.9 Å². The average molecular weight is 573 g/mol. The molecule has 0 spiro atoms. The van der Waals surface area contributed by atoms with E-state index in [0.29, 0.717) is 0 Å². The van der Waals surface area contributed by atoms with E-state index in [9.17, 15) is 0 Å². The zero-order valence-electron chi connectivity index (χ0n) is 25.7. The molecule has 6 aromatic carbocycles. The summed E-state index contributed by atoms with van der Waals surface area (Å²) < 4.78 is 7.98. The highest BCUT2D eigenvalue weighted by atomic mass is 16.5. The van der Waals surface area contributed by atoms with Crippen LogP contribution in [0, 0.1) is 0 Å². The number of rotatable bonds is 5. The van der Waals surface area contributed by atoms with Crippen molar-refractivity contribution in [3.05, 3.63) is 132 Å². The summed E-state index contributed by atoms with van der Waals surface area (Å²) in [5.41, 5.74) is 18.7. The van der Waals surface area contributed by atoms with Crippen LogP contribution >= 0.6 is 0 Å². The summed E-state index contributed by atoms with van der Waals surface area (Å²) in [5, 5.41) is 5.07. The van der Waals surface area contributed by atoms with E-state index in [2.05, 4.69) is 141 Å². The number of hydrogen-bond donors (Lipinski definition) is 1. The van der Waals surface area contributed by atoms with Gasteiger partial charge in [-0.3, -0.25) is 0 Å². The van der Waals surface area contributed by atoms with Crippen LogP contribution in [0.4, 0.5) is 0 Å². The molecular formula is C41H36N2O. The largest absolute Gasteiger partial charge is 0.497 e. The van der Waals surface area contributed by atoms with Crippen molar-refractivity contribution in [2.45, 2.75) is 38.6 Å². The molecule has 1 aromatic heterocycles. The molecule has 3 heteroatoms. The van der Waals surface area contributed by atoms with E-state index in [1.54, 1.807) is 7.11 Å². The van der Waals surface area contributed by atoms with Crippen molar-refractivity contribution in [1.82, 2.24) is 4.57 Å². The molecule has 3 nitrogen and oxygen atoms in total. The Morgan fingerprint density at radius 1 is 0.705 bits per heavy atom. The number of benzene rings is 6. The van der Waals surface area contributed by atoms with Gasteiger partial charge in [0.2, 0.25) is 0 Å². The zero-order valence-corrected chi connectivity index (χ0v) is 25.7. The van der Waals surface area contributed by atoms with Crippen LogP contribution < -0.4 is 10.5 Å². The molecule has 0 aliphatic heterocycles. The summed E-state index contributed by atoms with van der Waals surface area (Å²) in [5.74, 6) is 0.904. The maximum Gasteiger partial charge on any atom is 0.119 e. The lowest BCUT2D eigenvalue weighted by Crippen LogP contribution is -2.15. The Hall–Kier alpha value is -4.86. The molecule has 1 aliphatic rings. The second kappa shape index (κ2) is 9.83. The molecule has 1 heterocycles. The van der Waals surface area contributed by atoms with Crippen LogP contribution in [-0.2, 0) is 5.41 Å². The van der Waals surface area contributed by atoms with Crippen LogP contribution in [-0.4, -0.2) is 11.7 Å². The molecule has 0 amide bonds. The maximum absolute atomic E-state index is 6.35. The fourth-order valence-corrected chi connectivity index (χ4v) is 7.38. The van der Waals surface area contributed by atoms with Crippen molar-refractivity contribution < 1.29 is 4.74 Å². The number of methoxy groups -OCH3 is 1. The van der Waals surface area contributed by atoms with Gasteiger partial charge in [-0.05, 0) is 105 Å². The standard InChI is InChI=1S/C41H36N2O/c1-5-37(42)26-10-15-29(16-11-26)43-38-20-14-27(22-34(38)40-31-9-7-6-8-25(31)13-21-39(40)43)28-12-18-32-33-19-17-30(44-4)24-36(33)41(2,3)35(32)23-28/h6-24,37H,5,42H2,1-4H3. The van der Waals surface area contributed by atoms with E-state index in [1.165, 1.54) is 71.5 Å². The minimum Gasteiger partial charge on any atom is -0.497 e. The van der Waals surface area contributed by atoms with Gasteiger partial charge in [0.15, 0.2) is 0 Å². The first-order chi connectivity index (χ1) is 21.4. The first-order valence-electron chi connectivity index (χ1n) is 15.5. The molecule has 1 aliphatic carbocycles. The number of fused-ring (bicyclic) bond motifs is 8. The van der Waals surface area contributed by atoms with Crippen LogP contribution in [0.3, 0.4) is 0 Å². The normalized spacial score (nSPS) is 14.2. The van der Waals surface area contributed by atoms with Crippen molar-refractivity contribution >= 4 is 32.6 Å². The molecule has 0 saturated heterocycles. The maximum atomic E-state index is 6.35. The van der Waals surface area contributed by atoms with Crippen molar-refractivity contribution in [2.24, 2.45) is 5.73 Å². The number of nitrogens with two attached hydrogens (primary N) is 1. The predicted molar refractivity (Wildman–Crippen MR) is 185 cm³/mol. The molecular weight excluding hydrogens is 536 g/mol. The Balaban J connectivity index is 1.33. The van der Waals surface area contributed by atoms with E-state index in [0.717, 1.165) is 17.9 Å². The van der Waals surface area contributed by atoms with Crippen molar-refractivity contribution in [3.63, 3.8) is 0 Å². The predicted octanol–water partition coefficient (Wildman–Crippen LogP) is 10.3. The van der Waals surface area contributed by atoms with Crippen LogP contribution in [0.5, 0.6) is 5.75 Å². The fourth-order valence-electron chi connectivity index (χ4n) is 7.38. The van der Waals surface area contributed by atoms with Gasteiger partial charge >= 0.3 is 0 Å². The first-order valence-corrected chi connectivity index (χ1v) is 15.5. The number of ether oxygens (including phenoxy) is 1. The highest BCUT2D eigenvalue weighted by Crippen LogP contribution is 2.51. The number of aromatic nitrogens is 1. The number of hydrogen-bond acceptors (Lipinski definition) is 2. The monoisotopic (exact) mass is 572 g/mol. The van der Waals surface area contributed by atoms with E-state index >= 15 is 0 Å². The topological polar surface area (TPSA) is 40.2 Å². The second-order valence-corrected chi connectivity index (χ2v) is 12.7. The highest BCUT2D eigenvalue weighted by Gasteiger charge is 2.36. The Labute approximate surface area is 258 Å². The van der Waals surface area contributed by atoms with E-state index in [4.69, 9.17) is 10.5 Å². The van der Waals surface area contributed by atoms with E-state index in [1.807, 2.05) is 0 Å². The Bertz CT molecular complexity index is 2240. The quantitative estimate of drug-likeness (QED) is 0.223. The molecule has 7 aromatic rings. The lowest BCUT2D eigenvalue weighted by molar-refractivity contribution is 0.413. The first kappa shape index (κ1) is 26.7. The molecule has 1 atom stereocenters. The van der Waals surface area contributed by atoms with Gasteiger partial charge in [-0.2, -0.15) is 0 Å². The smallest absolute Gasteiger partial charge is 0.119 e. The van der Waals surface area contributed by atoms with Gasteiger partial charge in [0.1, 0.15) is 5.75 Å². The van der Waals surface area contributed by atoms with Crippen LogP contribution in [0.15, 0.2) is 115 Å². The Morgan fingerprint density at radius 3 is 2.16 bits per heavy atom. The lowest BCUT2D eigenvalue weighted by Gasteiger charge is -2.22. The molecule has 0 bridgehead atoms. The zero-order chi connectivity index (χ0) is 30.2. The van der Waals surface area contributed by atoms with Gasteiger partial charge < -0.3 is 15.0 Å². The van der Waals surface area contributed by atoms with E-state index < -0.39 is 0 Å². The summed E-state index contributed by atoms with van der Waals surface area (Å²) >= 11 is 0. The SMILES string of the molecule is CCC(N)c1ccc(-n2c3ccc(-c4ccc5c(c4)C(C)(C)c4cc(OC)ccc4-5)cc3c3c4ccccc4ccc32)cc1. The van der Waals surface area contributed by atoms with Gasteiger partial charge in [-0.1, -0.05) is 87.5 Å². The van der Waals surface area contributed by atoms with Crippen LogP contribution in [0.25, 0.3) is 60.5 Å². The summed E-state index contributed by atoms with van der Waals surface area (Å²) in [6, 6.07) is 42.5. The van der Waals surface area contributed by atoms with Gasteiger partial charge in [-0.15, -0.1) is 0 Å². The van der Waals surface area contributed by atoms with Crippen LogP contribution in [0.2, 0.25) is 0 Å². The molecule has 216 valence electrons. The minimum absolute atomic E-state index is 0.0563. The summed E-state index contributed by atoms with van der Waals surface area (Å²) in [6.45, 7) is 6.77. The molecule has 0 fully saturated rings. The summed E-state index contributed by atoms with van der Waals surface area (Å²) in [7, 11) is 1.74. The van der Waals surface area contributed by atoms with E-state index in [-0.39, 0.29) is 11.5 Å². The molecule has 0 saturated carbocycles. The fraction of sp³-hybridized carbons (Fsp3) is 0.171. The Morgan fingerprint density at radius 2 is 1.39 bits per heavy atom. The number of nitrogens with zero attached hydrogens (tertiary/aromatic N) is 1. The van der Waals surface area contributed by atoms with Gasteiger partial charge in [0, 0.05) is 27.9 Å². The van der Waals surface area contributed by atoms with Gasteiger partial charge in [0.25, 0.3) is 0 Å². The third kappa shape index (κ3) is 3.86. The average Bonchev–Trinajstić information content (AvgIpc) is 3.52. The lowest BCUT2D eigenvalue weighted by atomic mass is 9.81. The Kier molecular flexibility index (Phi) is 5.98. The third-order valence-corrected chi connectivity index (χ3v) is 9.89. The van der Waals surface area contributed by atoms with Gasteiger partial charge in [0.05, 0.1) is 18.1 Å². The second-order valence-electron chi connectivity index (χ2n) is 12.7.